The molecule has 1 N–H and O–H groups in total. The lowest BCUT2D eigenvalue weighted by molar-refractivity contribution is 0.0969. The van der Waals surface area contributed by atoms with Gasteiger partial charge in [-0.3, -0.25) is 9.69 Å². The maximum atomic E-state index is 12.6. The van der Waals surface area contributed by atoms with E-state index in [1.807, 2.05) is 31.2 Å². The average molecular weight is 405 g/mol. The summed E-state index contributed by atoms with van der Waals surface area (Å²) in [5, 5.41) is 2.92. The van der Waals surface area contributed by atoms with Crippen LogP contribution in [0.5, 0.6) is 0 Å². The molecule has 0 spiro atoms. The number of rotatable bonds is 6. The average Bonchev–Trinajstić information content (AvgIpc) is 3.14. The number of furan rings is 1. The molecule has 3 rings (SSSR count). The van der Waals surface area contributed by atoms with E-state index in [0.29, 0.717) is 12.3 Å². The highest BCUT2D eigenvalue weighted by molar-refractivity contribution is 6.02. The van der Waals surface area contributed by atoms with Crippen molar-refractivity contribution >= 4 is 11.6 Å². The first kappa shape index (κ1) is 21.8. The molecule has 158 valence electrons. The van der Waals surface area contributed by atoms with E-state index < -0.39 is 0 Å². The Balaban J connectivity index is 1.70. The van der Waals surface area contributed by atoms with Gasteiger partial charge in [-0.15, -0.1) is 0 Å². The van der Waals surface area contributed by atoms with Crippen LogP contribution >= 0.6 is 0 Å². The summed E-state index contributed by atoms with van der Waals surface area (Å²) in [5.41, 5.74) is 5.59. The minimum absolute atomic E-state index is 0.0421. The van der Waals surface area contributed by atoms with E-state index in [2.05, 4.69) is 69.1 Å². The Kier molecular flexibility index (Phi) is 6.47. The molecule has 1 amide bonds. The molecule has 0 radical (unpaired) electrons. The van der Waals surface area contributed by atoms with Crippen LogP contribution in [0, 0.1) is 20.8 Å². The third-order valence-corrected chi connectivity index (χ3v) is 5.44. The molecule has 0 saturated carbocycles. The van der Waals surface area contributed by atoms with Gasteiger partial charge in [0.15, 0.2) is 5.76 Å². The van der Waals surface area contributed by atoms with Crippen LogP contribution in [0.2, 0.25) is 0 Å². The second kappa shape index (κ2) is 8.88. The first-order valence-corrected chi connectivity index (χ1v) is 10.4. The Bertz CT molecular complexity index is 1010. The van der Waals surface area contributed by atoms with Crippen LogP contribution in [-0.4, -0.2) is 16.3 Å². The molecule has 0 saturated heterocycles. The van der Waals surface area contributed by atoms with Crippen molar-refractivity contribution < 1.29 is 9.21 Å². The third-order valence-electron chi connectivity index (χ3n) is 5.44. The monoisotopic (exact) mass is 404 g/mol. The summed E-state index contributed by atoms with van der Waals surface area (Å²) in [7, 11) is 0. The van der Waals surface area contributed by atoms with Gasteiger partial charge in [0.1, 0.15) is 5.76 Å². The fourth-order valence-electron chi connectivity index (χ4n) is 3.23. The topological polar surface area (TPSA) is 45.5 Å². The second-order valence-electron chi connectivity index (χ2n) is 9.03. The minimum atomic E-state index is -0.231. The summed E-state index contributed by atoms with van der Waals surface area (Å²) < 4.78 is 5.90. The quantitative estimate of drug-likeness (QED) is 0.527. The molecule has 1 aromatic heterocycles. The summed E-state index contributed by atoms with van der Waals surface area (Å²) in [6.45, 7) is 14.2. The van der Waals surface area contributed by atoms with Gasteiger partial charge < -0.3 is 9.73 Å². The van der Waals surface area contributed by atoms with Crippen LogP contribution in [0.1, 0.15) is 59.3 Å². The van der Waals surface area contributed by atoms with Crippen LogP contribution < -0.4 is 5.32 Å². The van der Waals surface area contributed by atoms with E-state index in [9.17, 15) is 4.79 Å². The first-order valence-electron chi connectivity index (χ1n) is 10.4. The predicted octanol–water partition coefficient (Wildman–Crippen LogP) is 6.26. The van der Waals surface area contributed by atoms with Crippen LogP contribution in [0.4, 0.5) is 5.69 Å². The lowest BCUT2D eigenvalue weighted by Gasteiger charge is -2.35. The van der Waals surface area contributed by atoms with Crippen molar-refractivity contribution in [1.82, 2.24) is 4.90 Å². The molecule has 1 heterocycles. The number of nitrogens with one attached hydrogen (secondary N) is 1. The number of anilines is 1. The van der Waals surface area contributed by atoms with Crippen LogP contribution in [-0.2, 0) is 13.1 Å². The number of hydrogen-bond donors (Lipinski definition) is 1. The van der Waals surface area contributed by atoms with Gasteiger partial charge in [0, 0.05) is 17.8 Å². The van der Waals surface area contributed by atoms with Gasteiger partial charge in [-0.25, -0.2) is 0 Å². The Hall–Kier alpha value is -2.85. The van der Waals surface area contributed by atoms with E-state index in [0.717, 1.165) is 23.6 Å². The minimum Gasteiger partial charge on any atom is -0.455 e. The molecule has 0 aliphatic rings. The Morgan fingerprint density at radius 2 is 1.60 bits per heavy atom. The summed E-state index contributed by atoms with van der Waals surface area (Å²) in [6, 6.07) is 18.1. The number of carbonyl (C=O) groups is 1. The van der Waals surface area contributed by atoms with Crippen LogP contribution in [0.3, 0.4) is 0 Å². The van der Waals surface area contributed by atoms with Crippen molar-refractivity contribution in [2.45, 2.75) is 60.2 Å². The Labute approximate surface area is 179 Å². The molecule has 0 aliphatic heterocycles. The molecular formula is C26H32N2O2. The SMILES string of the molecule is Cc1ccc(CN(Cc2ccc(C(=O)Nc3ccc(C)c(C)c3)o2)C(C)(C)C)cc1. The Morgan fingerprint density at radius 3 is 2.23 bits per heavy atom. The maximum Gasteiger partial charge on any atom is 0.291 e. The highest BCUT2D eigenvalue weighted by Crippen LogP contribution is 2.23. The normalized spacial score (nSPS) is 11.7. The van der Waals surface area contributed by atoms with Gasteiger partial charge in [-0.05, 0) is 82.5 Å². The van der Waals surface area contributed by atoms with Crippen molar-refractivity contribution in [2.24, 2.45) is 0 Å². The molecule has 0 fully saturated rings. The standard InChI is InChI=1S/C26H32N2O2/c1-18-7-10-21(11-8-18)16-28(26(4,5)6)17-23-13-14-24(30-23)25(29)27-22-12-9-19(2)20(3)15-22/h7-15H,16-17H2,1-6H3,(H,27,29). The molecule has 4 nitrogen and oxygen atoms in total. The highest BCUT2D eigenvalue weighted by Gasteiger charge is 2.23. The third kappa shape index (κ3) is 5.61. The zero-order valence-electron chi connectivity index (χ0n) is 18.9. The van der Waals surface area contributed by atoms with Gasteiger partial charge in [0.25, 0.3) is 5.91 Å². The first-order chi connectivity index (χ1) is 14.1. The lowest BCUT2D eigenvalue weighted by Crippen LogP contribution is -2.40. The predicted molar refractivity (Wildman–Crippen MR) is 123 cm³/mol. The van der Waals surface area contributed by atoms with Crippen molar-refractivity contribution in [3.8, 4) is 0 Å². The van der Waals surface area contributed by atoms with E-state index in [-0.39, 0.29) is 11.4 Å². The van der Waals surface area contributed by atoms with Gasteiger partial charge >= 0.3 is 0 Å². The smallest absolute Gasteiger partial charge is 0.291 e. The van der Waals surface area contributed by atoms with Gasteiger partial charge in [0.2, 0.25) is 0 Å². The van der Waals surface area contributed by atoms with Crippen molar-refractivity contribution in [3.05, 3.63) is 88.4 Å². The van der Waals surface area contributed by atoms with E-state index in [1.54, 1.807) is 6.07 Å². The molecule has 3 aromatic rings. The fraction of sp³-hybridized carbons (Fsp3) is 0.346. The van der Waals surface area contributed by atoms with Crippen LogP contribution in [0.15, 0.2) is 59.0 Å². The molecular weight excluding hydrogens is 372 g/mol. The molecule has 0 unspecified atom stereocenters. The summed E-state index contributed by atoms with van der Waals surface area (Å²) in [4.78, 5) is 15.0. The largest absolute Gasteiger partial charge is 0.455 e. The van der Waals surface area contributed by atoms with E-state index >= 15 is 0 Å². The molecule has 30 heavy (non-hydrogen) atoms. The number of benzene rings is 2. The zero-order chi connectivity index (χ0) is 21.9. The number of nitrogens with zero attached hydrogens (tertiary/aromatic N) is 1. The van der Waals surface area contributed by atoms with Crippen molar-refractivity contribution in [3.63, 3.8) is 0 Å². The van der Waals surface area contributed by atoms with Crippen molar-refractivity contribution in [2.75, 3.05) is 5.32 Å². The van der Waals surface area contributed by atoms with E-state index in [4.69, 9.17) is 4.42 Å². The van der Waals surface area contributed by atoms with E-state index in [1.165, 1.54) is 16.7 Å². The highest BCUT2D eigenvalue weighted by atomic mass is 16.4. The second-order valence-corrected chi connectivity index (χ2v) is 9.03. The molecule has 2 aromatic carbocycles. The van der Waals surface area contributed by atoms with Gasteiger partial charge in [0.05, 0.1) is 6.54 Å². The molecule has 4 heteroatoms. The number of amides is 1. The zero-order valence-corrected chi connectivity index (χ0v) is 18.9. The lowest BCUT2D eigenvalue weighted by atomic mass is 10.0. The molecule has 0 atom stereocenters. The number of hydrogen-bond acceptors (Lipinski definition) is 3. The summed E-state index contributed by atoms with van der Waals surface area (Å²) in [6.07, 6.45) is 0. The fourth-order valence-corrected chi connectivity index (χ4v) is 3.23. The molecule has 0 aliphatic carbocycles. The van der Waals surface area contributed by atoms with Crippen molar-refractivity contribution in [1.29, 1.82) is 0 Å². The van der Waals surface area contributed by atoms with Crippen LogP contribution in [0.25, 0.3) is 0 Å². The van der Waals surface area contributed by atoms with Gasteiger partial charge in [-0.2, -0.15) is 0 Å². The summed E-state index contributed by atoms with van der Waals surface area (Å²) in [5.74, 6) is 0.875. The number of aryl methyl sites for hydroxylation is 3. The molecule has 0 bridgehead atoms. The number of carbonyl (C=O) groups excluding carboxylic acids is 1. The summed E-state index contributed by atoms with van der Waals surface area (Å²) >= 11 is 0. The maximum absolute atomic E-state index is 12.6. The van der Waals surface area contributed by atoms with Gasteiger partial charge in [-0.1, -0.05) is 35.9 Å². The Morgan fingerprint density at radius 1 is 0.900 bits per heavy atom.